The van der Waals surface area contributed by atoms with Gasteiger partial charge in [-0.1, -0.05) is 12.1 Å². The average molecular weight is 259 g/mol. The maximum atomic E-state index is 12.1. The summed E-state index contributed by atoms with van der Waals surface area (Å²) in [4.78, 5) is 12.1. The van der Waals surface area contributed by atoms with Crippen molar-refractivity contribution in [3.8, 4) is 5.75 Å². The van der Waals surface area contributed by atoms with Gasteiger partial charge in [0.05, 0.1) is 18.9 Å². The zero-order valence-electron chi connectivity index (χ0n) is 11.3. The van der Waals surface area contributed by atoms with Crippen LogP contribution in [0.3, 0.4) is 0 Å². The third-order valence-corrected chi connectivity index (χ3v) is 2.97. The molecule has 2 aromatic rings. The second kappa shape index (κ2) is 5.61. The van der Waals surface area contributed by atoms with E-state index in [9.17, 15) is 4.79 Å². The summed E-state index contributed by atoms with van der Waals surface area (Å²) in [6.45, 7) is 4.10. The first kappa shape index (κ1) is 13.2. The lowest BCUT2D eigenvalue weighted by Gasteiger charge is -2.07. The van der Waals surface area contributed by atoms with Gasteiger partial charge in [-0.3, -0.25) is 4.79 Å². The minimum absolute atomic E-state index is 0.119. The van der Waals surface area contributed by atoms with Crippen LogP contribution in [0.25, 0.3) is 0 Å². The molecule has 0 spiro atoms. The van der Waals surface area contributed by atoms with Crippen LogP contribution in [0.1, 0.15) is 27.2 Å². The van der Waals surface area contributed by atoms with Crippen molar-refractivity contribution in [1.29, 1.82) is 0 Å². The summed E-state index contributed by atoms with van der Waals surface area (Å²) in [6.07, 6.45) is 1.59. The molecule has 1 aromatic heterocycles. The number of benzene rings is 1. The van der Waals surface area contributed by atoms with Gasteiger partial charge in [0.1, 0.15) is 11.5 Å². The Morgan fingerprint density at radius 3 is 2.79 bits per heavy atom. The molecule has 0 unspecified atom stereocenters. The fourth-order valence-corrected chi connectivity index (χ4v) is 1.96. The molecule has 4 heteroatoms. The molecule has 0 aliphatic rings. The second-order valence-corrected chi connectivity index (χ2v) is 4.38. The predicted molar refractivity (Wildman–Crippen MR) is 72.3 cm³/mol. The van der Waals surface area contributed by atoms with Crippen LogP contribution >= 0.6 is 0 Å². The molecule has 0 aliphatic carbocycles. The van der Waals surface area contributed by atoms with E-state index in [-0.39, 0.29) is 5.91 Å². The third kappa shape index (κ3) is 2.96. The van der Waals surface area contributed by atoms with Crippen molar-refractivity contribution in [2.24, 2.45) is 0 Å². The van der Waals surface area contributed by atoms with Gasteiger partial charge in [0.15, 0.2) is 0 Å². The lowest BCUT2D eigenvalue weighted by molar-refractivity contribution is 0.0949. The molecule has 0 saturated heterocycles. The molecule has 4 nitrogen and oxygen atoms in total. The lowest BCUT2D eigenvalue weighted by atomic mass is 10.1. The van der Waals surface area contributed by atoms with Gasteiger partial charge < -0.3 is 14.5 Å². The minimum atomic E-state index is -0.119. The van der Waals surface area contributed by atoms with E-state index in [1.807, 2.05) is 31.2 Å². The molecular weight excluding hydrogens is 242 g/mol. The van der Waals surface area contributed by atoms with E-state index in [2.05, 4.69) is 5.32 Å². The van der Waals surface area contributed by atoms with Crippen molar-refractivity contribution in [3.05, 3.63) is 53.0 Å². The molecule has 0 atom stereocenters. The minimum Gasteiger partial charge on any atom is -0.497 e. The summed E-state index contributed by atoms with van der Waals surface area (Å²) in [6, 6.07) is 7.61. The molecule has 1 amide bonds. The number of amides is 1. The highest BCUT2D eigenvalue weighted by atomic mass is 16.5. The molecule has 19 heavy (non-hydrogen) atoms. The van der Waals surface area contributed by atoms with Gasteiger partial charge >= 0.3 is 0 Å². The highest BCUT2D eigenvalue weighted by Crippen LogP contribution is 2.16. The Kier molecular flexibility index (Phi) is 3.90. The fraction of sp³-hybridized carbons (Fsp3) is 0.267. The van der Waals surface area contributed by atoms with Crippen LogP contribution in [0.5, 0.6) is 5.75 Å². The standard InChI is InChI=1S/C15H17NO3/c1-10-9-19-11(2)14(10)15(17)16-8-12-5-4-6-13(7-12)18-3/h4-7,9H,8H2,1-3H3,(H,16,17). The summed E-state index contributed by atoms with van der Waals surface area (Å²) in [5, 5.41) is 2.88. The van der Waals surface area contributed by atoms with E-state index in [4.69, 9.17) is 9.15 Å². The molecule has 1 N–H and O–H groups in total. The monoisotopic (exact) mass is 259 g/mol. The summed E-state index contributed by atoms with van der Waals surface area (Å²) >= 11 is 0. The quantitative estimate of drug-likeness (QED) is 0.918. The largest absolute Gasteiger partial charge is 0.497 e. The molecule has 0 fully saturated rings. The van der Waals surface area contributed by atoms with Gasteiger partial charge in [-0.15, -0.1) is 0 Å². The first-order chi connectivity index (χ1) is 9.11. The van der Waals surface area contributed by atoms with E-state index < -0.39 is 0 Å². The Morgan fingerprint density at radius 1 is 1.37 bits per heavy atom. The van der Waals surface area contributed by atoms with Crippen LogP contribution in [-0.2, 0) is 6.54 Å². The highest BCUT2D eigenvalue weighted by Gasteiger charge is 2.15. The molecule has 0 bridgehead atoms. The summed E-state index contributed by atoms with van der Waals surface area (Å²) in [5.41, 5.74) is 2.45. The lowest BCUT2D eigenvalue weighted by Crippen LogP contribution is -2.23. The van der Waals surface area contributed by atoms with E-state index in [0.717, 1.165) is 16.9 Å². The van der Waals surface area contributed by atoms with Crippen molar-refractivity contribution in [2.45, 2.75) is 20.4 Å². The molecule has 0 radical (unpaired) electrons. The number of carbonyl (C=O) groups is 1. The normalized spacial score (nSPS) is 10.3. The van der Waals surface area contributed by atoms with Crippen LogP contribution in [-0.4, -0.2) is 13.0 Å². The van der Waals surface area contributed by atoms with E-state index in [0.29, 0.717) is 17.9 Å². The number of carbonyl (C=O) groups excluding carboxylic acids is 1. The molecule has 0 saturated carbocycles. The molecular formula is C15H17NO3. The van der Waals surface area contributed by atoms with Crippen LogP contribution < -0.4 is 10.1 Å². The number of hydrogen-bond donors (Lipinski definition) is 1. The summed E-state index contributed by atoms with van der Waals surface area (Å²) in [7, 11) is 1.62. The SMILES string of the molecule is COc1cccc(CNC(=O)c2c(C)coc2C)c1. The van der Waals surface area contributed by atoms with Crippen LogP contribution in [0.15, 0.2) is 34.9 Å². The second-order valence-electron chi connectivity index (χ2n) is 4.38. The molecule has 2 rings (SSSR count). The topological polar surface area (TPSA) is 51.5 Å². The number of hydrogen-bond acceptors (Lipinski definition) is 3. The number of aryl methyl sites for hydroxylation is 2. The van der Waals surface area contributed by atoms with Crippen molar-refractivity contribution in [2.75, 3.05) is 7.11 Å². The number of rotatable bonds is 4. The van der Waals surface area contributed by atoms with Gasteiger partial charge in [0, 0.05) is 12.1 Å². The maximum Gasteiger partial charge on any atom is 0.255 e. The Labute approximate surface area is 112 Å². The number of furan rings is 1. The smallest absolute Gasteiger partial charge is 0.255 e. The third-order valence-electron chi connectivity index (χ3n) is 2.97. The maximum absolute atomic E-state index is 12.1. The molecule has 0 aliphatic heterocycles. The number of methoxy groups -OCH3 is 1. The number of nitrogens with one attached hydrogen (secondary N) is 1. The van der Waals surface area contributed by atoms with Crippen LogP contribution in [0, 0.1) is 13.8 Å². The summed E-state index contributed by atoms with van der Waals surface area (Å²) in [5.74, 6) is 1.30. The van der Waals surface area contributed by atoms with Crippen molar-refractivity contribution in [1.82, 2.24) is 5.32 Å². The molecule has 1 heterocycles. The fourth-order valence-electron chi connectivity index (χ4n) is 1.96. The van der Waals surface area contributed by atoms with Crippen molar-refractivity contribution >= 4 is 5.91 Å². The van der Waals surface area contributed by atoms with Gasteiger partial charge in [0.2, 0.25) is 0 Å². The van der Waals surface area contributed by atoms with Crippen LogP contribution in [0.4, 0.5) is 0 Å². The highest BCUT2D eigenvalue weighted by molar-refractivity contribution is 5.96. The molecule has 100 valence electrons. The molecule has 1 aromatic carbocycles. The van der Waals surface area contributed by atoms with E-state index in [1.165, 1.54) is 0 Å². The summed E-state index contributed by atoms with van der Waals surface area (Å²) < 4.78 is 10.4. The van der Waals surface area contributed by atoms with Gasteiger partial charge in [-0.05, 0) is 31.5 Å². The Bertz CT molecular complexity index is 567. The predicted octanol–water partition coefficient (Wildman–Crippen LogP) is 2.84. The zero-order chi connectivity index (χ0) is 13.8. The van der Waals surface area contributed by atoms with Gasteiger partial charge in [0.25, 0.3) is 5.91 Å². The van der Waals surface area contributed by atoms with Gasteiger partial charge in [-0.2, -0.15) is 0 Å². The Balaban J connectivity index is 2.04. The Morgan fingerprint density at radius 2 is 2.16 bits per heavy atom. The van der Waals surface area contributed by atoms with Gasteiger partial charge in [-0.25, -0.2) is 0 Å². The number of ether oxygens (including phenoxy) is 1. The average Bonchev–Trinajstić information content (AvgIpc) is 2.76. The van der Waals surface area contributed by atoms with E-state index in [1.54, 1.807) is 20.3 Å². The van der Waals surface area contributed by atoms with E-state index >= 15 is 0 Å². The zero-order valence-corrected chi connectivity index (χ0v) is 11.3. The first-order valence-corrected chi connectivity index (χ1v) is 6.07. The van der Waals surface area contributed by atoms with Crippen molar-refractivity contribution < 1.29 is 13.9 Å². The first-order valence-electron chi connectivity index (χ1n) is 6.07. The van der Waals surface area contributed by atoms with Crippen LogP contribution in [0.2, 0.25) is 0 Å². The van der Waals surface area contributed by atoms with Crippen molar-refractivity contribution in [3.63, 3.8) is 0 Å². The Hall–Kier alpha value is -2.23.